The zero-order chi connectivity index (χ0) is 21.1. The molecule has 2 N–H and O–H groups in total. The van der Waals surface area contributed by atoms with E-state index in [1.807, 2.05) is 6.07 Å². The van der Waals surface area contributed by atoms with Gasteiger partial charge in [0.15, 0.2) is 0 Å². The largest absolute Gasteiger partial charge is 0.497 e. The van der Waals surface area contributed by atoms with Crippen LogP contribution in [0.3, 0.4) is 0 Å². The first-order valence-electron chi connectivity index (χ1n) is 8.70. The third-order valence-electron chi connectivity index (χ3n) is 4.31. The number of amides is 1. The smallest absolute Gasteiger partial charge is 0.355 e. The van der Waals surface area contributed by atoms with Crippen molar-refractivity contribution in [2.24, 2.45) is 0 Å². The van der Waals surface area contributed by atoms with Crippen LogP contribution in [0, 0.1) is 10.1 Å². The summed E-state index contributed by atoms with van der Waals surface area (Å²) in [7, 11) is 1.52. The van der Waals surface area contributed by atoms with E-state index in [0.29, 0.717) is 22.3 Å². The van der Waals surface area contributed by atoms with Crippen LogP contribution in [-0.4, -0.2) is 37.5 Å². The van der Waals surface area contributed by atoms with Gasteiger partial charge in [0.05, 0.1) is 23.1 Å². The molecule has 0 fully saturated rings. The SMILES string of the molecule is COc1ccc(C(=O)NNc2ncnc(-n3cnc4ccccc43)c2[N+](=O)[O-])cc1. The fraction of sp³-hybridized carbons (Fsp3) is 0.0526. The van der Waals surface area contributed by atoms with Gasteiger partial charge in [-0.15, -0.1) is 0 Å². The molecule has 11 nitrogen and oxygen atoms in total. The van der Waals surface area contributed by atoms with Crippen molar-refractivity contribution in [3.8, 4) is 11.6 Å². The molecule has 2 aromatic carbocycles. The Morgan fingerprint density at radius 1 is 1.10 bits per heavy atom. The van der Waals surface area contributed by atoms with Crippen molar-refractivity contribution in [3.63, 3.8) is 0 Å². The molecule has 0 atom stereocenters. The van der Waals surface area contributed by atoms with E-state index in [1.54, 1.807) is 42.5 Å². The maximum Gasteiger partial charge on any atom is 0.355 e. The Hall–Kier alpha value is -4.54. The molecule has 2 aromatic heterocycles. The van der Waals surface area contributed by atoms with Gasteiger partial charge in [-0.1, -0.05) is 12.1 Å². The molecule has 0 aliphatic carbocycles. The van der Waals surface area contributed by atoms with Crippen LogP contribution in [0.4, 0.5) is 11.5 Å². The molecule has 0 saturated carbocycles. The van der Waals surface area contributed by atoms with E-state index >= 15 is 0 Å². The highest BCUT2D eigenvalue weighted by Crippen LogP contribution is 2.29. The second kappa shape index (κ2) is 7.83. The Kier molecular flexibility index (Phi) is 4.91. The predicted octanol–water partition coefficient (Wildman–Crippen LogP) is 2.49. The highest BCUT2D eigenvalue weighted by molar-refractivity contribution is 5.95. The van der Waals surface area contributed by atoms with Crippen LogP contribution in [0.2, 0.25) is 0 Å². The number of para-hydroxylation sites is 2. The summed E-state index contributed by atoms with van der Waals surface area (Å²) >= 11 is 0. The molecular weight excluding hydrogens is 390 g/mol. The number of nitrogens with one attached hydrogen (secondary N) is 2. The van der Waals surface area contributed by atoms with Crippen molar-refractivity contribution < 1.29 is 14.5 Å². The van der Waals surface area contributed by atoms with E-state index in [9.17, 15) is 14.9 Å². The first kappa shape index (κ1) is 18.8. The van der Waals surface area contributed by atoms with Gasteiger partial charge in [-0.25, -0.2) is 15.0 Å². The zero-order valence-corrected chi connectivity index (χ0v) is 15.6. The van der Waals surface area contributed by atoms with E-state index in [4.69, 9.17) is 4.74 Å². The molecule has 150 valence electrons. The molecule has 2 heterocycles. The normalized spacial score (nSPS) is 10.6. The monoisotopic (exact) mass is 405 g/mol. The predicted molar refractivity (Wildman–Crippen MR) is 107 cm³/mol. The van der Waals surface area contributed by atoms with Crippen LogP contribution < -0.4 is 15.6 Å². The third-order valence-corrected chi connectivity index (χ3v) is 4.31. The molecular formula is C19H15N7O4. The van der Waals surface area contributed by atoms with Crippen molar-refractivity contribution >= 4 is 28.4 Å². The summed E-state index contributed by atoms with van der Waals surface area (Å²) < 4.78 is 6.54. The molecule has 1 amide bonds. The molecule has 30 heavy (non-hydrogen) atoms. The lowest BCUT2D eigenvalue weighted by molar-refractivity contribution is -0.384. The Bertz CT molecular complexity index is 1240. The van der Waals surface area contributed by atoms with Gasteiger partial charge in [0.25, 0.3) is 5.91 Å². The number of fused-ring (bicyclic) bond motifs is 1. The minimum absolute atomic E-state index is 0.0184. The number of anilines is 1. The number of carbonyl (C=O) groups excluding carboxylic acids is 1. The number of methoxy groups -OCH3 is 1. The van der Waals surface area contributed by atoms with Gasteiger partial charge in [0.2, 0.25) is 11.6 Å². The lowest BCUT2D eigenvalue weighted by atomic mass is 10.2. The fourth-order valence-corrected chi connectivity index (χ4v) is 2.86. The molecule has 11 heteroatoms. The van der Waals surface area contributed by atoms with Gasteiger partial charge in [0.1, 0.15) is 18.4 Å². The standard InChI is InChI=1S/C19H15N7O4/c1-30-13-8-6-12(7-9-13)19(27)24-23-17-16(26(28)29)18(21-10-20-17)25-11-22-14-4-2-3-5-15(14)25/h2-11H,1H3,(H,24,27)(H,20,21,23). The number of rotatable bonds is 6. The van der Waals surface area contributed by atoms with Gasteiger partial charge in [-0.05, 0) is 36.4 Å². The van der Waals surface area contributed by atoms with Gasteiger partial charge >= 0.3 is 5.69 Å². The molecule has 0 radical (unpaired) electrons. The molecule has 0 bridgehead atoms. The fourth-order valence-electron chi connectivity index (χ4n) is 2.86. The number of hydrazine groups is 1. The second-order valence-corrected chi connectivity index (χ2v) is 6.06. The second-order valence-electron chi connectivity index (χ2n) is 6.06. The summed E-state index contributed by atoms with van der Waals surface area (Å²) in [5, 5.41) is 11.8. The number of ether oxygens (including phenoxy) is 1. The molecule has 0 unspecified atom stereocenters. The van der Waals surface area contributed by atoms with Crippen LogP contribution in [0.5, 0.6) is 5.75 Å². The van der Waals surface area contributed by atoms with Crippen LogP contribution in [0.25, 0.3) is 16.9 Å². The van der Waals surface area contributed by atoms with Gasteiger partial charge in [-0.3, -0.25) is 30.3 Å². The number of aromatic nitrogens is 4. The van der Waals surface area contributed by atoms with Gasteiger partial charge in [0, 0.05) is 5.56 Å². The number of nitro groups is 1. The Morgan fingerprint density at radius 3 is 2.60 bits per heavy atom. The lowest BCUT2D eigenvalue weighted by Gasteiger charge is -2.10. The highest BCUT2D eigenvalue weighted by atomic mass is 16.6. The van der Waals surface area contributed by atoms with Crippen molar-refractivity contribution in [1.82, 2.24) is 24.9 Å². The summed E-state index contributed by atoms with van der Waals surface area (Å²) in [6.45, 7) is 0. The quantitative estimate of drug-likeness (QED) is 0.369. The third kappa shape index (κ3) is 3.46. The van der Waals surface area contributed by atoms with Crippen LogP contribution in [0.1, 0.15) is 10.4 Å². The number of hydrogen-bond acceptors (Lipinski definition) is 8. The Labute approximate surface area is 169 Å². The zero-order valence-electron chi connectivity index (χ0n) is 15.6. The van der Waals surface area contributed by atoms with E-state index in [-0.39, 0.29) is 11.6 Å². The van der Waals surface area contributed by atoms with Crippen LogP contribution in [-0.2, 0) is 0 Å². The van der Waals surface area contributed by atoms with Crippen LogP contribution in [0.15, 0.2) is 61.2 Å². The van der Waals surface area contributed by atoms with E-state index < -0.39 is 16.5 Å². The maximum absolute atomic E-state index is 12.3. The lowest BCUT2D eigenvalue weighted by Crippen LogP contribution is -2.30. The number of carbonyl (C=O) groups is 1. The highest BCUT2D eigenvalue weighted by Gasteiger charge is 2.25. The minimum atomic E-state index is -0.619. The molecule has 4 rings (SSSR count). The minimum Gasteiger partial charge on any atom is -0.497 e. The summed E-state index contributed by atoms with van der Waals surface area (Å²) in [6.07, 6.45) is 2.61. The number of hydrogen-bond donors (Lipinski definition) is 2. The number of benzene rings is 2. The molecule has 0 aliphatic heterocycles. The Morgan fingerprint density at radius 2 is 1.87 bits per heavy atom. The van der Waals surface area contributed by atoms with Crippen molar-refractivity contribution in [2.45, 2.75) is 0 Å². The van der Waals surface area contributed by atoms with Gasteiger partial charge in [-0.2, -0.15) is 0 Å². The Balaban J connectivity index is 1.65. The topological polar surface area (TPSA) is 137 Å². The van der Waals surface area contributed by atoms with E-state index in [0.717, 1.165) is 0 Å². The van der Waals surface area contributed by atoms with Crippen molar-refractivity contribution in [3.05, 3.63) is 76.9 Å². The van der Waals surface area contributed by atoms with E-state index in [2.05, 4.69) is 25.8 Å². The molecule has 0 aliphatic rings. The summed E-state index contributed by atoms with van der Waals surface area (Å²) in [4.78, 5) is 35.7. The molecule has 0 spiro atoms. The van der Waals surface area contributed by atoms with Gasteiger partial charge < -0.3 is 4.74 Å². The first-order valence-corrected chi connectivity index (χ1v) is 8.70. The summed E-state index contributed by atoms with van der Waals surface area (Å²) in [5.74, 6) is -0.0436. The molecule has 0 saturated heterocycles. The average molecular weight is 405 g/mol. The summed E-state index contributed by atoms with van der Waals surface area (Å²) in [5.41, 5.74) is 6.16. The number of nitrogens with zero attached hydrogens (tertiary/aromatic N) is 5. The first-order chi connectivity index (χ1) is 14.6. The van der Waals surface area contributed by atoms with E-state index in [1.165, 1.54) is 24.3 Å². The van der Waals surface area contributed by atoms with Crippen molar-refractivity contribution in [1.29, 1.82) is 0 Å². The maximum atomic E-state index is 12.3. The summed E-state index contributed by atoms with van der Waals surface area (Å²) in [6, 6.07) is 13.5. The average Bonchev–Trinajstić information content (AvgIpc) is 3.21. The van der Waals surface area contributed by atoms with Crippen LogP contribution >= 0.6 is 0 Å². The number of imidazole rings is 1. The molecule has 4 aromatic rings. The van der Waals surface area contributed by atoms with Crippen molar-refractivity contribution in [2.75, 3.05) is 12.5 Å².